The van der Waals surface area contributed by atoms with E-state index in [9.17, 15) is 4.79 Å². The lowest BCUT2D eigenvalue weighted by atomic mass is 10.0. The molecule has 0 aliphatic rings. The van der Waals surface area contributed by atoms with E-state index in [1.54, 1.807) is 19.0 Å². The number of aromatic nitrogens is 1. The van der Waals surface area contributed by atoms with Crippen molar-refractivity contribution in [1.29, 1.82) is 0 Å². The Morgan fingerprint density at radius 3 is 1.95 bits per heavy atom. The van der Waals surface area contributed by atoms with Gasteiger partial charge in [-0.3, -0.25) is 4.79 Å². The SMILES string of the molecule is CN(C)c1nc(=O)c(-c2ccccc2)c(-c2ccccc2)o1. The fraction of sp³-hybridized carbons (Fsp3) is 0.111. The molecule has 22 heavy (non-hydrogen) atoms. The number of hydrogen-bond acceptors (Lipinski definition) is 4. The van der Waals surface area contributed by atoms with Crippen LogP contribution in [0.15, 0.2) is 69.9 Å². The second-order valence-corrected chi connectivity index (χ2v) is 5.13. The van der Waals surface area contributed by atoms with Crippen molar-refractivity contribution >= 4 is 6.01 Å². The summed E-state index contributed by atoms with van der Waals surface area (Å²) in [6, 6.07) is 19.4. The molecule has 0 fully saturated rings. The monoisotopic (exact) mass is 292 g/mol. The first-order chi connectivity index (χ1) is 10.7. The molecule has 0 bridgehead atoms. The van der Waals surface area contributed by atoms with Gasteiger partial charge in [0, 0.05) is 19.7 Å². The summed E-state index contributed by atoms with van der Waals surface area (Å²) in [5, 5.41) is 0. The molecule has 3 aromatic rings. The van der Waals surface area contributed by atoms with E-state index in [-0.39, 0.29) is 5.56 Å². The normalized spacial score (nSPS) is 10.5. The minimum Gasteiger partial charge on any atom is -0.424 e. The first kappa shape index (κ1) is 14.1. The molecule has 0 saturated carbocycles. The van der Waals surface area contributed by atoms with Crippen LogP contribution in [-0.2, 0) is 0 Å². The van der Waals surface area contributed by atoms with E-state index in [1.165, 1.54) is 0 Å². The van der Waals surface area contributed by atoms with Crippen LogP contribution in [-0.4, -0.2) is 19.1 Å². The summed E-state index contributed by atoms with van der Waals surface area (Å²) in [6.45, 7) is 0. The molecule has 4 heteroatoms. The Morgan fingerprint density at radius 1 is 0.864 bits per heavy atom. The summed E-state index contributed by atoms with van der Waals surface area (Å²) < 4.78 is 5.91. The highest BCUT2D eigenvalue weighted by Gasteiger charge is 2.17. The van der Waals surface area contributed by atoms with Gasteiger partial charge < -0.3 is 9.32 Å². The highest BCUT2D eigenvalue weighted by molar-refractivity contribution is 5.79. The molecule has 0 amide bonds. The zero-order valence-electron chi connectivity index (χ0n) is 12.5. The topological polar surface area (TPSA) is 46.3 Å². The first-order valence-corrected chi connectivity index (χ1v) is 7.00. The lowest BCUT2D eigenvalue weighted by Crippen LogP contribution is -2.18. The summed E-state index contributed by atoms with van der Waals surface area (Å²) in [5.74, 6) is 0.538. The number of hydrogen-bond donors (Lipinski definition) is 0. The smallest absolute Gasteiger partial charge is 0.300 e. The average molecular weight is 292 g/mol. The van der Waals surface area contributed by atoms with Gasteiger partial charge in [0.25, 0.3) is 5.56 Å². The summed E-state index contributed by atoms with van der Waals surface area (Å²) >= 11 is 0. The predicted octanol–water partition coefficient (Wildman–Crippen LogP) is 3.43. The fourth-order valence-corrected chi connectivity index (χ4v) is 2.25. The maximum Gasteiger partial charge on any atom is 0.300 e. The molecule has 3 rings (SSSR count). The van der Waals surface area contributed by atoms with Crippen molar-refractivity contribution in [3.05, 3.63) is 71.0 Å². The molecule has 1 heterocycles. The van der Waals surface area contributed by atoms with Crippen molar-refractivity contribution in [2.45, 2.75) is 0 Å². The van der Waals surface area contributed by atoms with Gasteiger partial charge in [-0.15, -0.1) is 0 Å². The van der Waals surface area contributed by atoms with Crippen molar-refractivity contribution in [1.82, 2.24) is 4.98 Å². The summed E-state index contributed by atoms with van der Waals surface area (Å²) in [5.41, 5.74) is 1.84. The molecular weight excluding hydrogens is 276 g/mol. The Kier molecular flexibility index (Phi) is 3.74. The maximum atomic E-state index is 12.5. The van der Waals surface area contributed by atoms with Crippen LogP contribution in [0.2, 0.25) is 0 Å². The predicted molar refractivity (Wildman–Crippen MR) is 88.0 cm³/mol. The zero-order valence-corrected chi connectivity index (χ0v) is 12.5. The van der Waals surface area contributed by atoms with Crippen LogP contribution in [0.4, 0.5) is 6.01 Å². The standard InChI is InChI=1S/C18H16N2O2/c1-20(2)18-19-17(21)15(13-9-5-3-6-10-13)16(22-18)14-11-7-4-8-12-14/h3-12H,1-2H3. The zero-order chi connectivity index (χ0) is 15.5. The molecule has 0 spiro atoms. The van der Waals surface area contributed by atoms with Crippen molar-refractivity contribution < 1.29 is 4.42 Å². The molecule has 110 valence electrons. The molecule has 2 aromatic carbocycles. The van der Waals surface area contributed by atoms with Gasteiger partial charge in [0.15, 0.2) is 5.76 Å². The van der Waals surface area contributed by atoms with E-state index in [0.717, 1.165) is 11.1 Å². The molecular formula is C18H16N2O2. The van der Waals surface area contributed by atoms with Gasteiger partial charge in [-0.1, -0.05) is 60.7 Å². The first-order valence-electron chi connectivity index (χ1n) is 7.00. The minimum atomic E-state index is -0.292. The molecule has 0 radical (unpaired) electrons. The van der Waals surface area contributed by atoms with Crippen LogP contribution >= 0.6 is 0 Å². The Bertz CT molecular complexity index is 825. The van der Waals surface area contributed by atoms with Crippen LogP contribution in [0.3, 0.4) is 0 Å². The van der Waals surface area contributed by atoms with Crippen molar-refractivity contribution in [2.75, 3.05) is 19.0 Å². The minimum absolute atomic E-state index is 0.292. The molecule has 1 aromatic heterocycles. The Balaban J connectivity index is 2.31. The van der Waals surface area contributed by atoms with Crippen LogP contribution in [0.25, 0.3) is 22.5 Å². The maximum absolute atomic E-state index is 12.5. The highest BCUT2D eigenvalue weighted by atomic mass is 16.4. The van der Waals surface area contributed by atoms with E-state index in [1.807, 2.05) is 60.7 Å². The van der Waals surface area contributed by atoms with Crippen LogP contribution in [0, 0.1) is 0 Å². The van der Waals surface area contributed by atoms with E-state index >= 15 is 0 Å². The van der Waals surface area contributed by atoms with E-state index in [4.69, 9.17) is 4.42 Å². The van der Waals surface area contributed by atoms with Crippen molar-refractivity contribution in [2.24, 2.45) is 0 Å². The quantitative estimate of drug-likeness (QED) is 0.742. The molecule has 0 N–H and O–H groups in total. The van der Waals surface area contributed by atoms with Gasteiger partial charge in [-0.25, -0.2) is 0 Å². The fourth-order valence-electron chi connectivity index (χ4n) is 2.25. The van der Waals surface area contributed by atoms with Crippen LogP contribution in [0.5, 0.6) is 0 Å². The van der Waals surface area contributed by atoms with Gasteiger partial charge in [-0.2, -0.15) is 4.98 Å². The lowest BCUT2D eigenvalue weighted by Gasteiger charge is -2.13. The second-order valence-electron chi connectivity index (χ2n) is 5.13. The van der Waals surface area contributed by atoms with Crippen molar-refractivity contribution in [3.8, 4) is 22.5 Å². The molecule has 0 unspecified atom stereocenters. The molecule has 0 aliphatic heterocycles. The van der Waals surface area contributed by atoms with Gasteiger partial charge >= 0.3 is 6.01 Å². The summed E-state index contributed by atoms with van der Waals surface area (Å²) in [7, 11) is 3.59. The Hall–Kier alpha value is -2.88. The number of rotatable bonds is 3. The van der Waals surface area contributed by atoms with E-state index in [2.05, 4.69) is 4.98 Å². The number of anilines is 1. The second kappa shape index (κ2) is 5.85. The third kappa shape index (κ3) is 2.63. The number of nitrogens with zero attached hydrogens (tertiary/aromatic N) is 2. The molecule has 4 nitrogen and oxygen atoms in total. The van der Waals surface area contributed by atoms with Gasteiger partial charge in [0.2, 0.25) is 0 Å². The third-order valence-corrected chi connectivity index (χ3v) is 3.31. The number of benzene rings is 2. The van der Waals surface area contributed by atoms with E-state index < -0.39 is 0 Å². The summed E-state index contributed by atoms with van der Waals surface area (Å²) in [4.78, 5) is 18.3. The van der Waals surface area contributed by atoms with Crippen LogP contribution in [0.1, 0.15) is 0 Å². The average Bonchev–Trinajstić information content (AvgIpc) is 2.55. The Labute approximate surface area is 128 Å². The molecule has 0 aliphatic carbocycles. The Morgan fingerprint density at radius 2 is 1.41 bits per heavy atom. The summed E-state index contributed by atoms with van der Waals surface area (Å²) in [6.07, 6.45) is 0. The molecule has 0 saturated heterocycles. The third-order valence-electron chi connectivity index (χ3n) is 3.31. The lowest BCUT2D eigenvalue weighted by molar-refractivity contribution is 0.540. The van der Waals surface area contributed by atoms with E-state index in [0.29, 0.717) is 17.3 Å². The van der Waals surface area contributed by atoms with Gasteiger partial charge in [0.1, 0.15) is 0 Å². The van der Waals surface area contributed by atoms with Crippen molar-refractivity contribution in [3.63, 3.8) is 0 Å². The highest BCUT2D eigenvalue weighted by Crippen LogP contribution is 2.30. The van der Waals surface area contributed by atoms with Crippen LogP contribution < -0.4 is 10.5 Å². The largest absolute Gasteiger partial charge is 0.424 e. The van der Waals surface area contributed by atoms with Gasteiger partial charge in [-0.05, 0) is 5.56 Å². The molecule has 0 atom stereocenters. The van der Waals surface area contributed by atoms with Gasteiger partial charge in [0.05, 0.1) is 5.56 Å².